The Kier molecular flexibility index (Phi) is 4.11. The van der Waals surface area contributed by atoms with Crippen molar-refractivity contribution in [3.05, 3.63) is 57.0 Å². The van der Waals surface area contributed by atoms with Crippen molar-refractivity contribution in [2.24, 2.45) is 0 Å². The second kappa shape index (κ2) is 5.87. The number of benzene rings is 2. The van der Waals surface area contributed by atoms with Crippen LogP contribution in [0.2, 0.25) is 5.02 Å². The number of aliphatic hydroxyl groups is 1. The molecule has 2 aromatic carbocycles. The maximum Gasteiger partial charge on any atom is 0.128 e. The van der Waals surface area contributed by atoms with E-state index in [1.54, 1.807) is 13.2 Å². The molecular formula is C16H14BrClO3. The standard InChI is InChI=1S/C16H14BrClO3/c1-20-10-3-5-15-12(7-10)14(19)8-16(21-15)11-4-2-9(17)6-13(11)18/h2-7,14,16,19H,8H2,1H3/t14-,16?/m1/s1. The van der Waals surface area contributed by atoms with Crippen LogP contribution >= 0.6 is 27.5 Å². The van der Waals surface area contributed by atoms with Gasteiger partial charge in [0, 0.05) is 27.0 Å². The lowest BCUT2D eigenvalue weighted by atomic mass is 9.95. The summed E-state index contributed by atoms with van der Waals surface area (Å²) in [6, 6.07) is 11.1. The average molecular weight is 370 g/mol. The topological polar surface area (TPSA) is 38.7 Å². The minimum absolute atomic E-state index is 0.263. The minimum Gasteiger partial charge on any atom is -0.497 e. The van der Waals surface area contributed by atoms with E-state index >= 15 is 0 Å². The van der Waals surface area contributed by atoms with Gasteiger partial charge in [-0.2, -0.15) is 0 Å². The fourth-order valence-corrected chi connectivity index (χ4v) is 3.30. The fourth-order valence-electron chi connectivity index (χ4n) is 2.51. The summed E-state index contributed by atoms with van der Waals surface area (Å²) in [7, 11) is 1.60. The number of aliphatic hydroxyl groups excluding tert-OH is 1. The second-order valence-corrected chi connectivity index (χ2v) is 6.25. The molecule has 21 heavy (non-hydrogen) atoms. The zero-order valence-corrected chi connectivity index (χ0v) is 13.7. The number of ether oxygens (including phenoxy) is 2. The van der Waals surface area contributed by atoms with Crippen molar-refractivity contribution in [2.45, 2.75) is 18.6 Å². The third-order valence-electron chi connectivity index (χ3n) is 3.59. The Bertz CT molecular complexity index is 675. The van der Waals surface area contributed by atoms with Gasteiger partial charge >= 0.3 is 0 Å². The van der Waals surface area contributed by atoms with Crippen LogP contribution in [0.3, 0.4) is 0 Å². The molecule has 3 nitrogen and oxygen atoms in total. The summed E-state index contributed by atoms with van der Waals surface area (Å²) in [6.45, 7) is 0. The highest BCUT2D eigenvalue weighted by Crippen LogP contribution is 2.43. The SMILES string of the molecule is COc1ccc2c(c1)[C@H](O)CC(c1ccc(Br)cc1Cl)O2. The van der Waals surface area contributed by atoms with Crippen molar-refractivity contribution in [1.29, 1.82) is 0 Å². The van der Waals surface area contributed by atoms with Gasteiger partial charge in [-0.1, -0.05) is 33.6 Å². The van der Waals surface area contributed by atoms with Crippen LogP contribution < -0.4 is 9.47 Å². The summed E-state index contributed by atoms with van der Waals surface area (Å²) in [4.78, 5) is 0. The predicted octanol–water partition coefficient (Wildman–Crippen LogP) is 4.67. The quantitative estimate of drug-likeness (QED) is 0.836. The van der Waals surface area contributed by atoms with E-state index in [9.17, 15) is 5.11 Å². The van der Waals surface area contributed by atoms with Gasteiger partial charge < -0.3 is 14.6 Å². The van der Waals surface area contributed by atoms with E-state index in [4.69, 9.17) is 21.1 Å². The number of hydrogen-bond acceptors (Lipinski definition) is 3. The van der Waals surface area contributed by atoms with Crippen molar-refractivity contribution >= 4 is 27.5 Å². The number of halogens is 2. The molecule has 0 fully saturated rings. The molecule has 0 aliphatic carbocycles. The molecule has 0 amide bonds. The van der Waals surface area contributed by atoms with Gasteiger partial charge in [-0.3, -0.25) is 0 Å². The molecule has 0 spiro atoms. The molecule has 0 radical (unpaired) electrons. The van der Waals surface area contributed by atoms with Crippen molar-refractivity contribution in [2.75, 3.05) is 7.11 Å². The lowest BCUT2D eigenvalue weighted by Gasteiger charge is -2.30. The molecule has 0 bridgehead atoms. The van der Waals surface area contributed by atoms with Crippen LogP contribution in [-0.4, -0.2) is 12.2 Å². The van der Waals surface area contributed by atoms with E-state index in [1.165, 1.54) is 0 Å². The highest BCUT2D eigenvalue weighted by Gasteiger charge is 2.29. The molecule has 3 rings (SSSR count). The first kappa shape index (κ1) is 14.7. The Morgan fingerprint density at radius 2 is 2.05 bits per heavy atom. The first-order chi connectivity index (χ1) is 10.1. The van der Waals surface area contributed by atoms with Gasteiger partial charge in [-0.05, 0) is 30.3 Å². The van der Waals surface area contributed by atoms with Crippen LogP contribution in [0.1, 0.15) is 29.8 Å². The second-order valence-electron chi connectivity index (χ2n) is 4.93. The number of methoxy groups -OCH3 is 1. The first-order valence-electron chi connectivity index (χ1n) is 6.56. The van der Waals surface area contributed by atoms with Crippen LogP contribution in [0.25, 0.3) is 0 Å². The van der Waals surface area contributed by atoms with Crippen molar-refractivity contribution in [3.8, 4) is 11.5 Å². The smallest absolute Gasteiger partial charge is 0.128 e. The third kappa shape index (κ3) is 2.89. The van der Waals surface area contributed by atoms with Crippen LogP contribution in [0.5, 0.6) is 11.5 Å². The number of hydrogen-bond donors (Lipinski definition) is 1. The normalized spacial score (nSPS) is 20.6. The van der Waals surface area contributed by atoms with Crippen LogP contribution in [0.15, 0.2) is 40.9 Å². The number of rotatable bonds is 2. The molecular weight excluding hydrogens is 356 g/mol. The van der Waals surface area contributed by atoms with Gasteiger partial charge in [0.15, 0.2) is 0 Å². The van der Waals surface area contributed by atoms with Crippen LogP contribution in [0.4, 0.5) is 0 Å². The molecule has 110 valence electrons. The van der Waals surface area contributed by atoms with Gasteiger partial charge in [0.25, 0.3) is 0 Å². The molecule has 5 heteroatoms. The van der Waals surface area contributed by atoms with Gasteiger partial charge in [-0.25, -0.2) is 0 Å². The molecule has 1 N–H and O–H groups in total. The van der Waals surface area contributed by atoms with Gasteiger partial charge in [-0.15, -0.1) is 0 Å². The van der Waals surface area contributed by atoms with Gasteiger partial charge in [0.2, 0.25) is 0 Å². The summed E-state index contributed by atoms with van der Waals surface area (Å²) >= 11 is 9.66. The van der Waals surface area contributed by atoms with Crippen LogP contribution in [0, 0.1) is 0 Å². The van der Waals surface area contributed by atoms with E-state index in [2.05, 4.69) is 15.9 Å². The monoisotopic (exact) mass is 368 g/mol. The largest absolute Gasteiger partial charge is 0.497 e. The van der Waals surface area contributed by atoms with Gasteiger partial charge in [0.1, 0.15) is 17.6 Å². The van der Waals surface area contributed by atoms with E-state index < -0.39 is 6.10 Å². The molecule has 0 saturated carbocycles. The van der Waals surface area contributed by atoms with Gasteiger partial charge in [0.05, 0.1) is 13.2 Å². The van der Waals surface area contributed by atoms with Crippen LogP contribution in [-0.2, 0) is 0 Å². The molecule has 0 aromatic heterocycles. The number of fused-ring (bicyclic) bond motifs is 1. The molecule has 2 aromatic rings. The Hall–Kier alpha value is -1.23. The minimum atomic E-state index is -0.603. The molecule has 1 aliphatic rings. The van der Waals surface area contributed by atoms with Crippen molar-refractivity contribution in [1.82, 2.24) is 0 Å². The van der Waals surface area contributed by atoms with E-state index in [-0.39, 0.29) is 6.10 Å². The summed E-state index contributed by atoms with van der Waals surface area (Å²) in [5.41, 5.74) is 1.62. The first-order valence-corrected chi connectivity index (χ1v) is 7.73. The van der Waals surface area contributed by atoms with E-state index in [0.29, 0.717) is 22.9 Å². The summed E-state index contributed by atoms with van der Waals surface area (Å²) in [5.74, 6) is 1.37. The Labute approximate surface area is 136 Å². The zero-order chi connectivity index (χ0) is 15.0. The highest BCUT2D eigenvalue weighted by atomic mass is 79.9. The Morgan fingerprint density at radius 1 is 1.24 bits per heavy atom. The lowest BCUT2D eigenvalue weighted by Crippen LogP contribution is -2.19. The van der Waals surface area contributed by atoms with E-state index in [0.717, 1.165) is 15.6 Å². The summed E-state index contributed by atoms with van der Waals surface area (Å²) < 4.78 is 12.1. The molecule has 1 unspecified atom stereocenters. The third-order valence-corrected chi connectivity index (χ3v) is 4.41. The van der Waals surface area contributed by atoms with Crippen molar-refractivity contribution < 1.29 is 14.6 Å². The fraction of sp³-hybridized carbons (Fsp3) is 0.250. The Balaban J connectivity index is 1.94. The molecule has 1 heterocycles. The zero-order valence-electron chi connectivity index (χ0n) is 11.3. The van der Waals surface area contributed by atoms with Crippen molar-refractivity contribution in [3.63, 3.8) is 0 Å². The summed E-state index contributed by atoms with van der Waals surface area (Å²) in [6.07, 6.45) is -0.406. The highest BCUT2D eigenvalue weighted by molar-refractivity contribution is 9.10. The molecule has 0 saturated heterocycles. The lowest BCUT2D eigenvalue weighted by molar-refractivity contribution is 0.0655. The maximum atomic E-state index is 10.4. The Morgan fingerprint density at radius 3 is 2.76 bits per heavy atom. The molecule has 2 atom stereocenters. The average Bonchev–Trinajstić information content (AvgIpc) is 2.47. The summed E-state index contributed by atoms with van der Waals surface area (Å²) in [5, 5.41) is 11.0. The predicted molar refractivity (Wildman–Crippen MR) is 85.1 cm³/mol. The molecule has 1 aliphatic heterocycles. The maximum absolute atomic E-state index is 10.4. The van der Waals surface area contributed by atoms with E-state index in [1.807, 2.05) is 30.3 Å².